The lowest BCUT2D eigenvalue weighted by atomic mass is 10.2. The van der Waals surface area contributed by atoms with Crippen molar-refractivity contribution in [2.75, 3.05) is 18.1 Å². The van der Waals surface area contributed by atoms with Gasteiger partial charge in [-0.1, -0.05) is 0 Å². The van der Waals surface area contributed by atoms with Crippen LogP contribution in [0.15, 0.2) is 24.5 Å². The Kier molecular flexibility index (Phi) is 3.39. The highest BCUT2D eigenvalue weighted by Gasteiger charge is 2.31. The Labute approximate surface area is 95.2 Å². The highest BCUT2D eigenvalue weighted by Crippen LogP contribution is 2.25. The third kappa shape index (κ3) is 2.15. The Hall–Kier alpha value is -1.58. The molecule has 0 aromatic carbocycles. The summed E-state index contributed by atoms with van der Waals surface area (Å²) in [6.07, 6.45) is 5.40. The average Bonchev–Trinajstić information content (AvgIpc) is 2.79. The molecule has 86 valence electrons. The Balaban J connectivity index is 2.12. The average molecular weight is 220 g/mol. The topological polar surface area (TPSA) is 42.4 Å². The molecule has 1 aliphatic rings. The van der Waals surface area contributed by atoms with E-state index in [4.69, 9.17) is 4.74 Å². The summed E-state index contributed by atoms with van der Waals surface area (Å²) < 4.78 is 5.08. The van der Waals surface area contributed by atoms with Crippen molar-refractivity contribution in [2.45, 2.75) is 25.8 Å². The summed E-state index contributed by atoms with van der Waals surface area (Å²) in [6.45, 7) is 3.19. The fraction of sp³-hybridized carbons (Fsp3) is 0.500. The summed E-state index contributed by atoms with van der Waals surface area (Å²) in [5, 5.41) is 0. The lowest BCUT2D eigenvalue weighted by molar-refractivity contribution is -0.144. The number of nitrogens with zero attached hydrogens (tertiary/aromatic N) is 2. The van der Waals surface area contributed by atoms with Gasteiger partial charge in [0.1, 0.15) is 6.04 Å². The number of anilines is 1. The van der Waals surface area contributed by atoms with Crippen LogP contribution >= 0.6 is 0 Å². The van der Waals surface area contributed by atoms with E-state index in [0.29, 0.717) is 6.61 Å². The maximum atomic E-state index is 11.7. The number of carbonyl (C=O) groups is 1. The molecule has 1 atom stereocenters. The van der Waals surface area contributed by atoms with Crippen molar-refractivity contribution in [2.24, 2.45) is 0 Å². The molecule has 2 heterocycles. The third-order valence-electron chi connectivity index (χ3n) is 2.81. The summed E-state index contributed by atoms with van der Waals surface area (Å²) >= 11 is 0. The lowest BCUT2D eigenvalue weighted by Gasteiger charge is -2.24. The van der Waals surface area contributed by atoms with E-state index in [1.54, 1.807) is 12.4 Å². The van der Waals surface area contributed by atoms with Crippen LogP contribution in [0.3, 0.4) is 0 Å². The van der Waals surface area contributed by atoms with Crippen molar-refractivity contribution >= 4 is 11.7 Å². The molecule has 0 aliphatic carbocycles. The minimum absolute atomic E-state index is 0.114. The van der Waals surface area contributed by atoms with Crippen LogP contribution in [0.2, 0.25) is 0 Å². The van der Waals surface area contributed by atoms with Crippen molar-refractivity contribution in [1.82, 2.24) is 4.98 Å². The summed E-state index contributed by atoms with van der Waals surface area (Å²) in [5.41, 5.74) is 1.05. The zero-order chi connectivity index (χ0) is 11.4. The normalized spacial score (nSPS) is 19.8. The zero-order valence-electron chi connectivity index (χ0n) is 9.43. The highest BCUT2D eigenvalue weighted by atomic mass is 16.5. The molecular weight excluding hydrogens is 204 g/mol. The summed E-state index contributed by atoms with van der Waals surface area (Å²) in [7, 11) is 0. The molecule has 1 saturated heterocycles. The number of ether oxygens (including phenoxy) is 1. The molecule has 2 rings (SSSR count). The number of hydrogen-bond donors (Lipinski definition) is 0. The van der Waals surface area contributed by atoms with Crippen LogP contribution in [0.4, 0.5) is 5.69 Å². The Morgan fingerprint density at radius 1 is 1.56 bits per heavy atom. The fourth-order valence-electron chi connectivity index (χ4n) is 2.09. The highest BCUT2D eigenvalue weighted by molar-refractivity contribution is 5.80. The van der Waals surface area contributed by atoms with E-state index in [1.165, 1.54) is 0 Å². The molecule has 0 radical (unpaired) electrons. The maximum absolute atomic E-state index is 11.7. The van der Waals surface area contributed by atoms with Crippen LogP contribution in [-0.2, 0) is 9.53 Å². The molecular formula is C12H16N2O2. The van der Waals surface area contributed by atoms with Gasteiger partial charge in [-0.25, -0.2) is 4.79 Å². The van der Waals surface area contributed by atoms with E-state index in [-0.39, 0.29) is 12.0 Å². The third-order valence-corrected chi connectivity index (χ3v) is 2.81. The van der Waals surface area contributed by atoms with Crippen molar-refractivity contribution in [3.05, 3.63) is 24.5 Å². The van der Waals surface area contributed by atoms with E-state index in [9.17, 15) is 4.79 Å². The quantitative estimate of drug-likeness (QED) is 0.726. The molecule has 0 bridgehead atoms. The van der Waals surface area contributed by atoms with Gasteiger partial charge < -0.3 is 9.64 Å². The number of carbonyl (C=O) groups excluding carboxylic acids is 1. The second-order valence-corrected chi connectivity index (χ2v) is 3.81. The first-order valence-electron chi connectivity index (χ1n) is 5.66. The van der Waals surface area contributed by atoms with Crippen molar-refractivity contribution in [3.8, 4) is 0 Å². The molecule has 1 aromatic heterocycles. The predicted molar refractivity (Wildman–Crippen MR) is 61.2 cm³/mol. The van der Waals surface area contributed by atoms with Crippen LogP contribution in [0, 0.1) is 0 Å². The number of esters is 1. The number of aromatic nitrogens is 1. The molecule has 4 heteroatoms. The van der Waals surface area contributed by atoms with E-state index >= 15 is 0 Å². The molecule has 0 N–H and O–H groups in total. The number of rotatable bonds is 3. The van der Waals surface area contributed by atoms with E-state index in [0.717, 1.165) is 25.1 Å². The van der Waals surface area contributed by atoms with Gasteiger partial charge in [0, 0.05) is 24.6 Å². The maximum Gasteiger partial charge on any atom is 0.328 e. The molecule has 1 aromatic rings. The van der Waals surface area contributed by atoms with Crippen LogP contribution in [0.5, 0.6) is 0 Å². The van der Waals surface area contributed by atoms with Crippen LogP contribution < -0.4 is 4.90 Å². The molecule has 0 amide bonds. The van der Waals surface area contributed by atoms with Gasteiger partial charge in [-0.15, -0.1) is 0 Å². The Bertz CT molecular complexity index is 353. The van der Waals surface area contributed by atoms with Crippen molar-refractivity contribution in [1.29, 1.82) is 0 Å². The van der Waals surface area contributed by atoms with Crippen molar-refractivity contribution < 1.29 is 9.53 Å². The van der Waals surface area contributed by atoms with Crippen LogP contribution in [-0.4, -0.2) is 30.1 Å². The molecule has 16 heavy (non-hydrogen) atoms. The minimum Gasteiger partial charge on any atom is -0.464 e. The molecule has 0 saturated carbocycles. The number of hydrogen-bond acceptors (Lipinski definition) is 4. The van der Waals surface area contributed by atoms with E-state index in [2.05, 4.69) is 9.88 Å². The molecule has 0 spiro atoms. The SMILES string of the molecule is CCOC(=O)C1CCCN1c1ccncc1. The molecule has 1 aliphatic heterocycles. The first kappa shape index (κ1) is 10.9. The van der Waals surface area contributed by atoms with Gasteiger partial charge in [0.25, 0.3) is 0 Å². The second-order valence-electron chi connectivity index (χ2n) is 3.81. The van der Waals surface area contributed by atoms with Crippen molar-refractivity contribution in [3.63, 3.8) is 0 Å². The zero-order valence-corrected chi connectivity index (χ0v) is 9.43. The Morgan fingerprint density at radius 3 is 3.00 bits per heavy atom. The first-order chi connectivity index (χ1) is 7.83. The Morgan fingerprint density at radius 2 is 2.31 bits per heavy atom. The summed E-state index contributed by atoms with van der Waals surface area (Å²) in [6, 6.07) is 3.73. The lowest BCUT2D eigenvalue weighted by Crippen LogP contribution is -2.37. The largest absolute Gasteiger partial charge is 0.464 e. The smallest absolute Gasteiger partial charge is 0.328 e. The first-order valence-corrected chi connectivity index (χ1v) is 5.66. The van der Waals surface area contributed by atoms with Gasteiger partial charge in [0.05, 0.1) is 6.61 Å². The predicted octanol–water partition coefficient (Wildman–Crippen LogP) is 1.61. The molecule has 1 unspecified atom stereocenters. The number of pyridine rings is 1. The minimum atomic E-state index is -0.123. The monoisotopic (exact) mass is 220 g/mol. The summed E-state index contributed by atoms with van der Waals surface area (Å²) in [4.78, 5) is 17.8. The van der Waals surface area contributed by atoms with Gasteiger partial charge >= 0.3 is 5.97 Å². The fourth-order valence-corrected chi connectivity index (χ4v) is 2.09. The van der Waals surface area contributed by atoms with Gasteiger partial charge in [0.15, 0.2) is 0 Å². The van der Waals surface area contributed by atoms with Gasteiger partial charge in [-0.3, -0.25) is 4.98 Å². The van der Waals surface area contributed by atoms with E-state index < -0.39 is 0 Å². The summed E-state index contributed by atoms with van der Waals surface area (Å²) in [5.74, 6) is -0.114. The standard InChI is InChI=1S/C12H16N2O2/c1-2-16-12(15)11-4-3-9-14(11)10-5-7-13-8-6-10/h5-8,11H,2-4,9H2,1H3. The van der Waals surface area contributed by atoms with Crippen LogP contribution in [0.25, 0.3) is 0 Å². The molecule has 4 nitrogen and oxygen atoms in total. The van der Waals surface area contributed by atoms with E-state index in [1.807, 2.05) is 19.1 Å². The van der Waals surface area contributed by atoms with Gasteiger partial charge in [-0.05, 0) is 31.9 Å². The second kappa shape index (κ2) is 4.96. The molecule has 1 fully saturated rings. The van der Waals surface area contributed by atoms with Gasteiger partial charge in [0.2, 0.25) is 0 Å². The van der Waals surface area contributed by atoms with Crippen LogP contribution in [0.1, 0.15) is 19.8 Å². The van der Waals surface area contributed by atoms with Gasteiger partial charge in [-0.2, -0.15) is 0 Å².